The van der Waals surface area contributed by atoms with Crippen molar-refractivity contribution in [1.29, 1.82) is 0 Å². The van der Waals surface area contributed by atoms with E-state index in [0.717, 1.165) is 11.8 Å². The Morgan fingerprint density at radius 3 is 2.00 bits per heavy atom. The molecular formula is C9H18N2. The SMILES string of the molecule is CN1CCC(C2CN(C)C2)C1. The second kappa shape index (κ2) is 2.76. The predicted octanol–water partition coefficient (Wildman–Crippen LogP) is 0.500. The van der Waals surface area contributed by atoms with Crippen LogP contribution in [0, 0.1) is 11.8 Å². The maximum atomic E-state index is 2.46. The zero-order valence-corrected chi connectivity index (χ0v) is 7.58. The first kappa shape index (κ1) is 7.56. The molecule has 2 rings (SSSR count). The average molecular weight is 154 g/mol. The molecule has 0 amide bonds. The zero-order valence-electron chi connectivity index (χ0n) is 7.58. The molecule has 0 spiro atoms. The Morgan fingerprint density at radius 2 is 1.55 bits per heavy atom. The van der Waals surface area contributed by atoms with Gasteiger partial charge in [-0.2, -0.15) is 0 Å². The van der Waals surface area contributed by atoms with Gasteiger partial charge in [0.15, 0.2) is 0 Å². The maximum absolute atomic E-state index is 2.46. The van der Waals surface area contributed by atoms with Gasteiger partial charge in [-0.1, -0.05) is 0 Å². The Hall–Kier alpha value is -0.0800. The second-order valence-corrected chi connectivity index (χ2v) is 4.29. The van der Waals surface area contributed by atoms with E-state index in [4.69, 9.17) is 0 Å². The minimum atomic E-state index is 1.01. The van der Waals surface area contributed by atoms with Crippen LogP contribution >= 0.6 is 0 Å². The molecule has 2 saturated heterocycles. The van der Waals surface area contributed by atoms with Crippen molar-refractivity contribution in [1.82, 2.24) is 9.80 Å². The van der Waals surface area contributed by atoms with Crippen LogP contribution in [0.5, 0.6) is 0 Å². The molecule has 1 atom stereocenters. The first-order chi connectivity index (χ1) is 5.25. The van der Waals surface area contributed by atoms with Gasteiger partial charge < -0.3 is 9.80 Å². The molecule has 0 aliphatic carbocycles. The van der Waals surface area contributed by atoms with Crippen molar-refractivity contribution >= 4 is 0 Å². The minimum Gasteiger partial charge on any atom is -0.306 e. The summed E-state index contributed by atoms with van der Waals surface area (Å²) >= 11 is 0. The summed E-state index contributed by atoms with van der Waals surface area (Å²) in [6, 6.07) is 0. The van der Waals surface area contributed by atoms with E-state index in [2.05, 4.69) is 23.9 Å². The van der Waals surface area contributed by atoms with Crippen LogP contribution in [-0.4, -0.2) is 50.1 Å². The minimum absolute atomic E-state index is 1.01. The lowest BCUT2D eigenvalue weighted by molar-refractivity contribution is 0.0864. The van der Waals surface area contributed by atoms with E-state index in [1.165, 1.54) is 32.6 Å². The molecule has 0 aromatic carbocycles. The summed E-state index contributed by atoms with van der Waals surface area (Å²) in [5, 5.41) is 0. The van der Waals surface area contributed by atoms with Crippen LogP contribution in [0.3, 0.4) is 0 Å². The van der Waals surface area contributed by atoms with E-state index < -0.39 is 0 Å². The monoisotopic (exact) mass is 154 g/mol. The van der Waals surface area contributed by atoms with Crippen LogP contribution < -0.4 is 0 Å². The van der Waals surface area contributed by atoms with Crippen molar-refractivity contribution in [2.24, 2.45) is 11.8 Å². The van der Waals surface area contributed by atoms with Crippen molar-refractivity contribution < 1.29 is 0 Å². The van der Waals surface area contributed by atoms with E-state index in [1.54, 1.807) is 0 Å². The highest BCUT2D eigenvalue weighted by Gasteiger charge is 2.34. The van der Waals surface area contributed by atoms with Gasteiger partial charge >= 0.3 is 0 Å². The molecule has 0 bridgehead atoms. The van der Waals surface area contributed by atoms with Crippen LogP contribution in [0.25, 0.3) is 0 Å². The largest absolute Gasteiger partial charge is 0.306 e. The van der Waals surface area contributed by atoms with Gasteiger partial charge in [-0.3, -0.25) is 0 Å². The molecule has 2 fully saturated rings. The van der Waals surface area contributed by atoms with Gasteiger partial charge in [0.25, 0.3) is 0 Å². The first-order valence-corrected chi connectivity index (χ1v) is 4.63. The second-order valence-electron chi connectivity index (χ2n) is 4.29. The Labute approximate surface area is 69.2 Å². The normalized spacial score (nSPS) is 36.0. The summed E-state index contributed by atoms with van der Waals surface area (Å²) in [6.07, 6.45) is 1.44. The predicted molar refractivity (Wildman–Crippen MR) is 46.6 cm³/mol. The van der Waals surface area contributed by atoms with Gasteiger partial charge in [0.05, 0.1) is 0 Å². The van der Waals surface area contributed by atoms with Crippen LogP contribution in [0.1, 0.15) is 6.42 Å². The molecule has 2 nitrogen and oxygen atoms in total. The fraction of sp³-hybridized carbons (Fsp3) is 1.00. The molecule has 0 N–H and O–H groups in total. The van der Waals surface area contributed by atoms with E-state index in [9.17, 15) is 0 Å². The molecule has 2 aliphatic rings. The molecule has 0 aromatic rings. The number of likely N-dealkylation sites (tertiary alicyclic amines) is 2. The van der Waals surface area contributed by atoms with Crippen LogP contribution in [0.4, 0.5) is 0 Å². The van der Waals surface area contributed by atoms with E-state index in [0.29, 0.717) is 0 Å². The Morgan fingerprint density at radius 1 is 0.909 bits per heavy atom. The molecular weight excluding hydrogens is 136 g/mol. The third-order valence-electron chi connectivity index (χ3n) is 3.19. The Bertz CT molecular complexity index is 140. The molecule has 2 heteroatoms. The third kappa shape index (κ3) is 1.42. The Balaban J connectivity index is 1.79. The summed E-state index contributed by atoms with van der Waals surface area (Å²) in [5.41, 5.74) is 0. The highest BCUT2D eigenvalue weighted by Crippen LogP contribution is 2.29. The molecule has 0 aromatic heterocycles. The molecule has 2 heterocycles. The number of hydrogen-bond acceptors (Lipinski definition) is 2. The number of rotatable bonds is 1. The zero-order chi connectivity index (χ0) is 7.84. The fourth-order valence-electron chi connectivity index (χ4n) is 2.40. The van der Waals surface area contributed by atoms with Crippen molar-refractivity contribution in [2.75, 3.05) is 40.3 Å². The van der Waals surface area contributed by atoms with Crippen LogP contribution in [0.15, 0.2) is 0 Å². The molecule has 2 aliphatic heterocycles. The Kier molecular flexibility index (Phi) is 1.90. The quantitative estimate of drug-likeness (QED) is 0.542. The highest BCUT2D eigenvalue weighted by molar-refractivity contribution is 4.87. The van der Waals surface area contributed by atoms with Gasteiger partial charge in [-0.05, 0) is 38.9 Å². The lowest BCUT2D eigenvalue weighted by Crippen LogP contribution is -2.47. The van der Waals surface area contributed by atoms with Gasteiger partial charge in [0.1, 0.15) is 0 Å². The lowest BCUT2D eigenvalue weighted by atomic mass is 9.86. The summed E-state index contributed by atoms with van der Waals surface area (Å²) in [7, 11) is 4.46. The van der Waals surface area contributed by atoms with Gasteiger partial charge in [0.2, 0.25) is 0 Å². The van der Waals surface area contributed by atoms with E-state index in [1.807, 2.05) is 0 Å². The van der Waals surface area contributed by atoms with Gasteiger partial charge in [-0.25, -0.2) is 0 Å². The van der Waals surface area contributed by atoms with Crippen LogP contribution in [-0.2, 0) is 0 Å². The van der Waals surface area contributed by atoms with E-state index >= 15 is 0 Å². The summed E-state index contributed by atoms with van der Waals surface area (Å²) in [4.78, 5) is 4.88. The van der Waals surface area contributed by atoms with Crippen LogP contribution in [0.2, 0.25) is 0 Å². The van der Waals surface area contributed by atoms with Crippen molar-refractivity contribution in [3.05, 3.63) is 0 Å². The van der Waals surface area contributed by atoms with Crippen molar-refractivity contribution in [3.8, 4) is 0 Å². The maximum Gasteiger partial charge on any atom is 0.00221 e. The van der Waals surface area contributed by atoms with Gasteiger partial charge in [-0.15, -0.1) is 0 Å². The van der Waals surface area contributed by atoms with E-state index in [-0.39, 0.29) is 0 Å². The summed E-state index contributed by atoms with van der Waals surface area (Å²) < 4.78 is 0. The molecule has 64 valence electrons. The number of hydrogen-bond donors (Lipinski definition) is 0. The lowest BCUT2D eigenvalue weighted by Gasteiger charge is -2.40. The van der Waals surface area contributed by atoms with Gasteiger partial charge in [0, 0.05) is 19.6 Å². The third-order valence-corrected chi connectivity index (χ3v) is 3.19. The molecule has 1 unspecified atom stereocenters. The molecule has 11 heavy (non-hydrogen) atoms. The summed E-state index contributed by atoms with van der Waals surface area (Å²) in [5.74, 6) is 2.03. The van der Waals surface area contributed by atoms with Crippen molar-refractivity contribution in [3.63, 3.8) is 0 Å². The topological polar surface area (TPSA) is 6.48 Å². The fourth-order valence-corrected chi connectivity index (χ4v) is 2.40. The molecule has 0 saturated carbocycles. The first-order valence-electron chi connectivity index (χ1n) is 4.63. The smallest absolute Gasteiger partial charge is 0.00221 e. The molecule has 0 radical (unpaired) electrons. The average Bonchev–Trinajstić information content (AvgIpc) is 2.29. The number of nitrogens with zero attached hydrogens (tertiary/aromatic N) is 2. The standard InChI is InChI=1S/C9H18N2/c1-10-4-3-8(5-10)9-6-11(2)7-9/h8-9H,3-7H2,1-2H3. The highest BCUT2D eigenvalue weighted by atomic mass is 15.2. The summed E-state index contributed by atoms with van der Waals surface area (Å²) in [6.45, 7) is 5.36. The van der Waals surface area contributed by atoms with Crippen molar-refractivity contribution in [2.45, 2.75) is 6.42 Å².